The first-order chi connectivity index (χ1) is 10.1. The molecule has 1 aliphatic heterocycles. The van der Waals surface area contributed by atoms with Crippen LogP contribution in [0.15, 0.2) is 42.5 Å². The molecule has 2 aromatic carbocycles. The fourth-order valence-corrected chi connectivity index (χ4v) is 2.44. The maximum Gasteiger partial charge on any atom is 0.335 e. The van der Waals surface area contributed by atoms with Crippen molar-refractivity contribution in [2.24, 2.45) is 0 Å². The van der Waals surface area contributed by atoms with Crippen LogP contribution in [0.5, 0.6) is 5.75 Å². The number of rotatable bonds is 3. The molecule has 2 aromatic rings. The number of anilines is 1. The third-order valence-electron chi connectivity index (χ3n) is 3.50. The highest BCUT2D eigenvalue weighted by molar-refractivity contribution is 5.88. The maximum atomic E-state index is 14.0. The lowest BCUT2D eigenvalue weighted by Gasteiger charge is -2.27. The summed E-state index contributed by atoms with van der Waals surface area (Å²) in [5.74, 6) is -0.917. The Hall–Kier alpha value is -2.56. The minimum atomic E-state index is -1.14. The Kier molecular flexibility index (Phi) is 3.48. The van der Waals surface area contributed by atoms with Crippen LogP contribution in [-0.2, 0) is 0 Å². The largest absolute Gasteiger partial charge is 0.493 e. The molecule has 3 rings (SSSR count). The molecule has 0 spiro atoms. The molecule has 0 aromatic heterocycles. The molecule has 1 atom stereocenters. The van der Waals surface area contributed by atoms with Gasteiger partial charge >= 0.3 is 5.97 Å². The molecule has 5 heteroatoms. The number of nitrogens with one attached hydrogen (secondary N) is 1. The van der Waals surface area contributed by atoms with Crippen molar-refractivity contribution in [1.82, 2.24) is 0 Å². The van der Waals surface area contributed by atoms with Crippen molar-refractivity contribution in [2.75, 3.05) is 11.9 Å². The molecular weight excluding hydrogens is 273 g/mol. The first-order valence-corrected chi connectivity index (χ1v) is 6.66. The van der Waals surface area contributed by atoms with E-state index in [0.29, 0.717) is 12.3 Å². The van der Waals surface area contributed by atoms with E-state index in [1.54, 1.807) is 0 Å². The smallest absolute Gasteiger partial charge is 0.335 e. The third kappa shape index (κ3) is 2.67. The van der Waals surface area contributed by atoms with Gasteiger partial charge in [-0.15, -0.1) is 0 Å². The van der Waals surface area contributed by atoms with E-state index in [1.807, 2.05) is 24.3 Å². The second-order valence-electron chi connectivity index (χ2n) is 4.87. The van der Waals surface area contributed by atoms with Crippen LogP contribution in [-0.4, -0.2) is 17.7 Å². The molecule has 0 amide bonds. The number of ether oxygens (including phenoxy) is 1. The van der Waals surface area contributed by atoms with Crippen molar-refractivity contribution in [1.29, 1.82) is 0 Å². The molecule has 0 fully saturated rings. The zero-order chi connectivity index (χ0) is 14.8. The van der Waals surface area contributed by atoms with Gasteiger partial charge in [-0.2, -0.15) is 0 Å². The third-order valence-corrected chi connectivity index (χ3v) is 3.50. The topological polar surface area (TPSA) is 58.6 Å². The zero-order valence-electron chi connectivity index (χ0n) is 11.2. The van der Waals surface area contributed by atoms with Crippen LogP contribution in [0.1, 0.15) is 28.4 Å². The molecule has 0 radical (unpaired) electrons. The van der Waals surface area contributed by atoms with Gasteiger partial charge in [0.1, 0.15) is 11.6 Å². The number of carbonyl (C=O) groups is 1. The second-order valence-corrected chi connectivity index (χ2v) is 4.87. The summed E-state index contributed by atoms with van der Waals surface area (Å²) in [7, 11) is 0. The van der Waals surface area contributed by atoms with E-state index in [9.17, 15) is 9.18 Å². The zero-order valence-corrected chi connectivity index (χ0v) is 11.2. The second kappa shape index (κ2) is 5.44. The van der Waals surface area contributed by atoms with Crippen LogP contribution in [0.2, 0.25) is 0 Å². The van der Waals surface area contributed by atoms with Gasteiger partial charge < -0.3 is 15.2 Å². The van der Waals surface area contributed by atoms with E-state index < -0.39 is 11.8 Å². The highest BCUT2D eigenvalue weighted by Gasteiger charge is 2.22. The highest BCUT2D eigenvalue weighted by Crippen LogP contribution is 2.34. The van der Waals surface area contributed by atoms with Crippen LogP contribution in [0.4, 0.5) is 10.1 Å². The number of carboxylic acid groups (broad SMARTS) is 1. The van der Waals surface area contributed by atoms with Gasteiger partial charge in [-0.05, 0) is 24.3 Å². The summed E-state index contributed by atoms with van der Waals surface area (Å²) >= 11 is 0. The van der Waals surface area contributed by atoms with Crippen LogP contribution >= 0.6 is 0 Å². The summed E-state index contributed by atoms with van der Waals surface area (Å²) in [4.78, 5) is 10.8. The average Bonchev–Trinajstić information content (AvgIpc) is 2.49. The van der Waals surface area contributed by atoms with E-state index in [0.717, 1.165) is 23.8 Å². The van der Waals surface area contributed by atoms with Gasteiger partial charge in [-0.1, -0.05) is 18.2 Å². The monoisotopic (exact) mass is 287 g/mol. The fraction of sp³-hybridized carbons (Fsp3) is 0.188. The van der Waals surface area contributed by atoms with Gasteiger partial charge in [0.15, 0.2) is 0 Å². The van der Waals surface area contributed by atoms with Crippen molar-refractivity contribution >= 4 is 11.7 Å². The van der Waals surface area contributed by atoms with E-state index in [2.05, 4.69) is 5.32 Å². The van der Waals surface area contributed by atoms with Crippen molar-refractivity contribution in [2.45, 2.75) is 12.5 Å². The molecule has 0 saturated carbocycles. The van der Waals surface area contributed by atoms with Gasteiger partial charge in [0, 0.05) is 12.0 Å². The molecule has 2 N–H and O–H groups in total. The lowest BCUT2D eigenvalue weighted by atomic mass is 10.00. The lowest BCUT2D eigenvalue weighted by molar-refractivity contribution is 0.0696. The Bertz CT molecular complexity index is 687. The van der Waals surface area contributed by atoms with Crippen molar-refractivity contribution < 1.29 is 19.0 Å². The fourth-order valence-electron chi connectivity index (χ4n) is 2.44. The first kappa shape index (κ1) is 13.4. The van der Waals surface area contributed by atoms with Crippen molar-refractivity contribution in [3.05, 3.63) is 59.4 Å². The summed E-state index contributed by atoms with van der Waals surface area (Å²) in [5.41, 5.74) is 1.21. The molecule has 1 heterocycles. The summed E-state index contributed by atoms with van der Waals surface area (Å²) < 4.78 is 19.5. The van der Waals surface area contributed by atoms with Crippen LogP contribution in [0.25, 0.3) is 0 Å². The lowest BCUT2D eigenvalue weighted by Crippen LogP contribution is -2.20. The molecule has 0 bridgehead atoms. The molecule has 108 valence electrons. The normalized spacial score (nSPS) is 16.7. The quantitative estimate of drug-likeness (QED) is 0.907. The Labute approximate surface area is 121 Å². The number of carboxylic acids is 1. The molecular formula is C16H14FNO3. The van der Waals surface area contributed by atoms with Gasteiger partial charge in [0.05, 0.1) is 23.9 Å². The van der Waals surface area contributed by atoms with E-state index in [4.69, 9.17) is 9.84 Å². The average molecular weight is 287 g/mol. The molecule has 21 heavy (non-hydrogen) atoms. The van der Waals surface area contributed by atoms with E-state index >= 15 is 0 Å². The molecule has 4 nitrogen and oxygen atoms in total. The van der Waals surface area contributed by atoms with Gasteiger partial charge in [0.25, 0.3) is 0 Å². The van der Waals surface area contributed by atoms with E-state index in [-0.39, 0.29) is 11.6 Å². The standard InChI is InChI=1S/C16H14FNO3/c17-12-9-10(16(19)20)5-6-14(12)18-13-7-8-21-15-4-2-1-3-11(13)15/h1-6,9,13,18H,7-8H2,(H,19,20). The van der Waals surface area contributed by atoms with Crippen LogP contribution < -0.4 is 10.1 Å². The summed E-state index contributed by atoms with van der Waals surface area (Å²) in [6.45, 7) is 0.559. The number of fused-ring (bicyclic) bond motifs is 1. The minimum Gasteiger partial charge on any atom is -0.493 e. The Morgan fingerprint density at radius 1 is 1.29 bits per heavy atom. The molecule has 1 aliphatic rings. The van der Waals surface area contributed by atoms with Crippen molar-refractivity contribution in [3.63, 3.8) is 0 Å². The highest BCUT2D eigenvalue weighted by atomic mass is 19.1. The first-order valence-electron chi connectivity index (χ1n) is 6.66. The van der Waals surface area contributed by atoms with Crippen LogP contribution in [0.3, 0.4) is 0 Å². The predicted molar refractivity (Wildman–Crippen MR) is 76.3 cm³/mol. The molecule has 1 unspecified atom stereocenters. The summed E-state index contributed by atoms with van der Waals surface area (Å²) in [5, 5.41) is 12.0. The Morgan fingerprint density at radius 2 is 2.10 bits per heavy atom. The SMILES string of the molecule is O=C(O)c1ccc(NC2CCOc3ccccc32)c(F)c1. The Morgan fingerprint density at radius 3 is 2.86 bits per heavy atom. The van der Waals surface area contributed by atoms with E-state index in [1.165, 1.54) is 12.1 Å². The van der Waals surface area contributed by atoms with Crippen molar-refractivity contribution in [3.8, 4) is 5.75 Å². The molecule has 0 saturated heterocycles. The Balaban J connectivity index is 1.86. The number of benzene rings is 2. The van der Waals surface area contributed by atoms with Crippen LogP contribution in [0, 0.1) is 5.82 Å². The maximum absolute atomic E-state index is 14.0. The molecule has 0 aliphatic carbocycles. The number of halogens is 1. The number of para-hydroxylation sites is 1. The number of hydrogen-bond acceptors (Lipinski definition) is 3. The number of hydrogen-bond donors (Lipinski definition) is 2. The minimum absolute atomic E-state index is 0.0554. The predicted octanol–water partition coefficient (Wildman–Crippen LogP) is 3.46. The summed E-state index contributed by atoms with van der Waals surface area (Å²) in [6, 6.07) is 11.4. The van der Waals surface area contributed by atoms with Gasteiger partial charge in [-0.3, -0.25) is 0 Å². The summed E-state index contributed by atoms with van der Waals surface area (Å²) in [6.07, 6.45) is 0.719. The van der Waals surface area contributed by atoms with Gasteiger partial charge in [0.2, 0.25) is 0 Å². The number of aromatic carboxylic acids is 1. The van der Waals surface area contributed by atoms with Gasteiger partial charge in [-0.25, -0.2) is 9.18 Å².